The molecule has 1 N–H and O–H groups in total. The Morgan fingerprint density at radius 3 is 2.71 bits per heavy atom. The van der Waals surface area contributed by atoms with Crippen LogP contribution in [0.5, 0.6) is 0 Å². The van der Waals surface area contributed by atoms with E-state index < -0.39 is 5.51 Å². The van der Waals surface area contributed by atoms with E-state index >= 15 is 0 Å². The van der Waals surface area contributed by atoms with Crippen molar-refractivity contribution < 1.29 is 13.2 Å². The summed E-state index contributed by atoms with van der Waals surface area (Å²) in [5.41, 5.74) is -4.09. The third kappa shape index (κ3) is 7.16. The van der Waals surface area contributed by atoms with Crippen LogP contribution >= 0.6 is 11.8 Å². The molecule has 1 rings (SSSR count). The third-order valence-electron chi connectivity index (χ3n) is 3.07. The van der Waals surface area contributed by atoms with Crippen molar-refractivity contribution in [1.82, 2.24) is 10.2 Å². The average molecular weight is 270 g/mol. The molecule has 1 heterocycles. The molecule has 1 aliphatic rings. The van der Waals surface area contributed by atoms with E-state index in [9.17, 15) is 13.2 Å². The van der Waals surface area contributed by atoms with Crippen molar-refractivity contribution >= 4 is 11.8 Å². The van der Waals surface area contributed by atoms with Crippen molar-refractivity contribution in [2.75, 3.05) is 31.9 Å². The zero-order chi connectivity index (χ0) is 12.7. The van der Waals surface area contributed by atoms with Gasteiger partial charge in [-0.25, -0.2) is 0 Å². The van der Waals surface area contributed by atoms with Gasteiger partial charge in [0.05, 0.1) is 0 Å². The molecule has 0 aromatic carbocycles. The van der Waals surface area contributed by atoms with Gasteiger partial charge in [0.25, 0.3) is 0 Å². The molecule has 1 fully saturated rings. The van der Waals surface area contributed by atoms with Crippen molar-refractivity contribution in [3.8, 4) is 0 Å². The van der Waals surface area contributed by atoms with Gasteiger partial charge in [-0.15, -0.1) is 0 Å². The van der Waals surface area contributed by atoms with Gasteiger partial charge >= 0.3 is 5.51 Å². The maximum atomic E-state index is 11.9. The van der Waals surface area contributed by atoms with E-state index in [2.05, 4.69) is 17.1 Å². The van der Waals surface area contributed by atoms with Crippen molar-refractivity contribution in [3.63, 3.8) is 0 Å². The molecule has 0 radical (unpaired) electrons. The first-order valence-corrected chi connectivity index (χ1v) is 7.16. The Morgan fingerprint density at radius 1 is 1.29 bits per heavy atom. The molecule has 2 nitrogen and oxygen atoms in total. The van der Waals surface area contributed by atoms with E-state index in [1.54, 1.807) is 0 Å². The summed E-state index contributed by atoms with van der Waals surface area (Å²) in [6, 6.07) is 0.389. The Balaban J connectivity index is 2.11. The fraction of sp³-hybridized carbons (Fsp3) is 1.00. The molecule has 1 saturated heterocycles. The van der Waals surface area contributed by atoms with Gasteiger partial charge in [-0.1, -0.05) is 6.92 Å². The first-order valence-electron chi connectivity index (χ1n) is 6.17. The second-order valence-electron chi connectivity index (χ2n) is 4.31. The quantitative estimate of drug-likeness (QED) is 0.773. The summed E-state index contributed by atoms with van der Waals surface area (Å²) in [6.45, 7) is 5.83. The summed E-state index contributed by atoms with van der Waals surface area (Å²) in [6.07, 6.45) is 3.26. The summed E-state index contributed by atoms with van der Waals surface area (Å²) in [5.74, 6) is 0.109. The fourth-order valence-electron chi connectivity index (χ4n) is 2.11. The number of halogens is 3. The van der Waals surface area contributed by atoms with Gasteiger partial charge in [0.2, 0.25) is 0 Å². The summed E-state index contributed by atoms with van der Waals surface area (Å²) < 4.78 is 35.7. The second kappa shape index (κ2) is 7.48. The number of hydrogen-bond acceptors (Lipinski definition) is 3. The lowest BCUT2D eigenvalue weighted by Gasteiger charge is -2.18. The Kier molecular flexibility index (Phi) is 6.66. The van der Waals surface area contributed by atoms with Gasteiger partial charge in [0.1, 0.15) is 0 Å². The standard InChI is InChI=1S/C11H21F3N2S/c1-2-16-7-3-4-10(5-8-16)15-6-9-17-11(12,13)14/h10,15H,2-9H2,1H3. The van der Waals surface area contributed by atoms with Crippen LogP contribution in [0.3, 0.4) is 0 Å². The summed E-state index contributed by atoms with van der Waals surface area (Å²) >= 11 is 0.0595. The number of likely N-dealkylation sites (tertiary alicyclic amines) is 1. The van der Waals surface area contributed by atoms with Crippen molar-refractivity contribution in [3.05, 3.63) is 0 Å². The summed E-state index contributed by atoms with van der Waals surface area (Å²) in [4.78, 5) is 2.39. The van der Waals surface area contributed by atoms with Crippen LogP contribution in [-0.2, 0) is 0 Å². The SMILES string of the molecule is CCN1CCCC(NCCSC(F)(F)F)CC1. The monoisotopic (exact) mass is 270 g/mol. The minimum absolute atomic E-state index is 0.0595. The topological polar surface area (TPSA) is 15.3 Å². The van der Waals surface area contributed by atoms with Crippen molar-refractivity contribution in [1.29, 1.82) is 0 Å². The maximum Gasteiger partial charge on any atom is 0.441 e. The Labute approximate surface area is 105 Å². The second-order valence-corrected chi connectivity index (χ2v) is 5.47. The normalized spacial score (nSPS) is 23.6. The number of rotatable bonds is 5. The molecular formula is C11H21F3N2S. The van der Waals surface area contributed by atoms with Crippen molar-refractivity contribution in [2.45, 2.75) is 37.7 Å². The van der Waals surface area contributed by atoms with Crippen LogP contribution in [-0.4, -0.2) is 48.4 Å². The first kappa shape index (κ1) is 15.1. The molecule has 1 aliphatic heterocycles. The highest BCUT2D eigenvalue weighted by Crippen LogP contribution is 2.29. The lowest BCUT2D eigenvalue weighted by molar-refractivity contribution is -0.0327. The fourth-order valence-corrected chi connectivity index (χ4v) is 2.56. The molecule has 17 heavy (non-hydrogen) atoms. The third-order valence-corrected chi connectivity index (χ3v) is 3.80. The molecule has 102 valence electrons. The Morgan fingerprint density at radius 2 is 2.06 bits per heavy atom. The molecule has 0 spiro atoms. The number of hydrogen-bond donors (Lipinski definition) is 1. The van der Waals surface area contributed by atoms with Gasteiger partial charge in [0, 0.05) is 18.3 Å². The largest absolute Gasteiger partial charge is 0.441 e. The number of nitrogens with zero attached hydrogens (tertiary/aromatic N) is 1. The van der Waals surface area contributed by atoms with Crippen molar-refractivity contribution in [2.24, 2.45) is 0 Å². The predicted molar refractivity (Wildman–Crippen MR) is 66.3 cm³/mol. The molecule has 0 saturated carbocycles. The summed E-state index contributed by atoms with van der Waals surface area (Å²) in [7, 11) is 0. The van der Waals surface area contributed by atoms with E-state index in [-0.39, 0.29) is 17.5 Å². The number of thioether (sulfide) groups is 1. The van der Waals surface area contributed by atoms with Gasteiger partial charge in [0.15, 0.2) is 0 Å². The number of nitrogens with one attached hydrogen (secondary N) is 1. The van der Waals surface area contributed by atoms with E-state index in [0.717, 1.165) is 38.9 Å². The van der Waals surface area contributed by atoms with Gasteiger partial charge in [-0.05, 0) is 50.7 Å². The zero-order valence-electron chi connectivity index (χ0n) is 10.2. The average Bonchev–Trinajstić information content (AvgIpc) is 2.48. The van der Waals surface area contributed by atoms with E-state index in [1.165, 1.54) is 0 Å². The van der Waals surface area contributed by atoms with Crippen LogP contribution in [0.2, 0.25) is 0 Å². The molecule has 0 aromatic heterocycles. The molecule has 1 atom stereocenters. The van der Waals surface area contributed by atoms with Crippen LogP contribution in [0.25, 0.3) is 0 Å². The van der Waals surface area contributed by atoms with Crippen LogP contribution in [0.15, 0.2) is 0 Å². The molecule has 0 aliphatic carbocycles. The van der Waals surface area contributed by atoms with Crippen LogP contribution in [0.1, 0.15) is 26.2 Å². The Bertz CT molecular complexity index is 211. The minimum Gasteiger partial charge on any atom is -0.313 e. The highest BCUT2D eigenvalue weighted by atomic mass is 32.2. The van der Waals surface area contributed by atoms with E-state index in [4.69, 9.17) is 0 Å². The molecule has 0 amide bonds. The highest BCUT2D eigenvalue weighted by Gasteiger charge is 2.27. The van der Waals surface area contributed by atoms with Crippen LogP contribution in [0.4, 0.5) is 13.2 Å². The van der Waals surface area contributed by atoms with Gasteiger partial charge in [-0.3, -0.25) is 0 Å². The van der Waals surface area contributed by atoms with Gasteiger partial charge in [-0.2, -0.15) is 13.2 Å². The lowest BCUT2D eigenvalue weighted by Crippen LogP contribution is -2.32. The lowest BCUT2D eigenvalue weighted by atomic mass is 10.1. The van der Waals surface area contributed by atoms with Crippen LogP contribution < -0.4 is 5.32 Å². The molecule has 0 bridgehead atoms. The molecular weight excluding hydrogens is 249 g/mol. The van der Waals surface area contributed by atoms with Gasteiger partial charge < -0.3 is 10.2 Å². The van der Waals surface area contributed by atoms with Crippen LogP contribution in [0, 0.1) is 0 Å². The molecule has 0 aromatic rings. The first-order chi connectivity index (χ1) is 8.01. The highest BCUT2D eigenvalue weighted by molar-refractivity contribution is 8.00. The maximum absolute atomic E-state index is 11.9. The molecule has 1 unspecified atom stereocenters. The summed E-state index contributed by atoms with van der Waals surface area (Å²) in [5, 5.41) is 3.23. The van der Waals surface area contributed by atoms with E-state index in [0.29, 0.717) is 12.6 Å². The number of alkyl halides is 3. The molecule has 6 heteroatoms. The Hall–Kier alpha value is 0.0600. The van der Waals surface area contributed by atoms with E-state index in [1.807, 2.05) is 0 Å². The minimum atomic E-state index is -4.09. The zero-order valence-corrected chi connectivity index (χ0v) is 11.0. The smallest absolute Gasteiger partial charge is 0.313 e. The predicted octanol–water partition coefficient (Wildman–Crippen LogP) is 2.70.